The molecule has 3 atom stereocenters. The van der Waals surface area contributed by atoms with E-state index in [1.54, 1.807) is 4.90 Å². The fourth-order valence-electron chi connectivity index (χ4n) is 4.59. The van der Waals surface area contributed by atoms with Crippen LogP contribution in [-0.4, -0.2) is 22.6 Å². The largest absolute Gasteiger partial charge is 0.436 e. The molecule has 4 aromatic rings. The summed E-state index contributed by atoms with van der Waals surface area (Å²) in [5.74, 6) is 0. The fraction of sp³-hybridized carbons (Fsp3) is 0.292. The second-order valence-electron chi connectivity index (χ2n) is 7.75. The van der Waals surface area contributed by atoms with Crippen molar-refractivity contribution in [3.63, 3.8) is 0 Å². The van der Waals surface area contributed by atoms with Crippen LogP contribution in [0.1, 0.15) is 39.4 Å². The van der Waals surface area contributed by atoms with Crippen LogP contribution in [-0.2, 0) is 6.50 Å². The van der Waals surface area contributed by atoms with E-state index in [2.05, 4.69) is 11.1 Å². The van der Waals surface area contributed by atoms with Crippen LogP contribution in [0.4, 0.5) is 5.69 Å². The number of nitrogens with zero attached hydrogens (tertiary/aromatic N) is 3. The zero-order valence-corrected chi connectivity index (χ0v) is 16.2. The molecule has 1 fully saturated rings. The summed E-state index contributed by atoms with van der Waals surface area (Å²) in [7, 11) is 0. The number of pyridine rings is 1. The van der Waals surface area contributed by atoms with Crippen molar-refractivity contribution in [2.24, 2.45) is 0 Å². The van der Waals surface area contributed by atoms with Gasteiger partial charge in [-0.1, -0.05) is 36.4 Å². The summed E-state index contributed by atoms with van der Waals surface area (Å²) in [5, 5.41) is 1.92. The molecule has 4 heteroatoms. The van der Waals surface area contributed by atoms with Gasteiger partial charge in [-0.05, 0) is 49.6 Å². The second-order valence-corrected chi connectivity index (χ2v) is 7.75. The van der Waals surface area contributed by atoms with Gasteiger partial charge in [-0.3, -0.25) is 4.90 Å². The van der Waals surface area contributed by atoms with Crippen molar-refractivity contribution >= 4 is 27.8 Å². The molecule has 4 heterocycles. The van der Waals surface area contributed by atoms with Gasteiger partial charge in [0.2, 0.25) is 5.71 Å². The van der Waals surface area contributed by atoms with Gasteiger partial charge in [0.05, 0.1) is 19.2 Å². The van der Waals surface area contributed by atoms with Crippen LogP contribution >= 0.6 is 0 Å². The molecule has 2 aromatic heterocycles. The van der Waals surface area contributed by atoms with Crippen molar-refractivity contribution in [1.82, 2.24) is 9.88 Å². The van der Waals surface area contributed by atoms with Crippen molar-refractivity contribution in [3.8, 4) is 0 Å². The predicted octanol–water partition coefficient (Wildman–Crippen LogP) is 5.32. The average Bonchev–Trinajstić information content (AvgIpc) is 3.22. The minimum absolute atomic E-state index is 0.283. The highest BCUT2D eigenvalue weighted by Crippen LogP contribution is 2.47. The molecule has 0 radical (unpaired) electrons. The van der Waals surface area contributed by atoms with E-state index in [-0.39, 0.29) is 12.7 Å². The van der Waals surface area contributed by atoms with E-state index in [1.807, 2.05) is 68.1 Å². The molecule has 6 rings (SSSR count). The Balaban J connectivity index is 1.67. The van der Waals surface area contributed by atoms with Gasteiger partial charge >= 0.3 is 0 Å². The van der Waals surface area contributed by atoms with Gasteiger partial charge in [0.1, 0.15) is 0 Å². The minimum atomic E-state index is -1.65. The smallest absolute Gasteiger partial charge is 0.227 e. The number of hydrogen-bond donors (Lipinski definition) is 0. The first-order valence-corrected chi connectivity index (χ1v) is 9.69. The highest BCUT2D eigenvalue weighted by atomic mass is 16.3. The molecule has 2 aromatic carbocycles. The van der Waals surface area contributed by atoms with Crippen LogP contribution < -0.4 is 4.90 Å². The third-order valence-electron chi connectivity index (χ3n) is 6.00. The van der Waals surface area contributed by atoms with Gasteiger partial charge in [0.25, 0.3) is 0 Å². The van der Waals surface area contributed by atoms with E-state index in [0.29, 0.717) is 22.4 Å². The Hall–Kier alpha value is -2.85. The Kier molecular flexibility index (Phi) is 2.66. The quantitative estimate of drug-likeness (QED) is 0.453. The first-order chi connectivity index (χ1) is 14.7. The van der Waals surface area contributed by atoms with Crippen molar-refractivity contribution < 1.29 is 8.53 Å². The molecule has 1 saturated heterocycles. The number of aryl methyl sites for hydroxylation is 2. The topological polar surface area (TPSA) is 32.5 Å². The number of rotatable bonds is 1. The number of hydrogen-bond acceptors (Lipinski definition) is 4. The molecular formula is C24H23N3O. The summed E-state index contributed by atoms with van der Waals surface area (Å²) in [6.07, 6.45) is -0.327. The number of furan rings is 1. The lowest BCUT2D eigenvalue weighted by Gasteiger charge is -2.31. The number of fused-ring (bicyclic) bond motifs is 7. The molecule has 2 aliphatic rings. The lowest BCUT2D eigenvalue weighted by molar-refractivity contribution is 0.252. The lowest BCUT2D eigenvalue weighted by atomic mass is 9.96. The van der Waals surface area contributed by atoms with Gasteiger partial charge < -0.3 is 9.32 Å². The molecule has 0 aliphatic carbocycles. The summed E-state index contributed by atoms with van der Waals surface area (Å²) in [5.41, 5.74) is 5.30. The van der Waals surface area contributed by atoms with E-state index in [1.165, 1.54) is 0 Å². The zero-order chi connectivity index (χ0) is 21.7. The maximum Gasteiger partial charge on any atom is 0.227 e. The lowest BCUT2D eigenvalue weighted by Crippen LogP contribution is -2.35. The maximum absolute atomic E-state index is 9.60. The van der Waals surface area contributed by atoms with Crippen LogP contribution in [0.25, 0.3) is 22.1 Å². The summed E-state index contributed by atoms with van der Waals surface area (Å²) in [4.78, 5) is 8.38. The highest BCUT2D eigenvalue weighted by Gasteiger charge is 2.43. The molecule has 0 saturated carbocycles. The van der Waals surface area contributed by atoms with E-state index in [4.69, 9.17) is 7.16 Å². The average molecular weight is 372 g/mol. The van der Waals surface area contributed by atoms with Gasteiger partial charge in [0.15, 0.2) is 5.58 Å². The van der Waals surface area contributed by atoms with Gasteiger partial charge in [0, 0.05) is 32.2 Å². The second kappa shape index (κ2) is 5.58. The molecule has 3 unspecified atom stereocenters. The van der Waals surface area contributed by atoms with Crippen LogP contribution in [0.5, 0.6) is 0 Å². The normalized spacial score (nSPS) is 29.5. The van der Waals surface area contributed by atoms with Crippen molar-refractivity contribution in [2.45, 2.75) is 39.5 Å². The number of anilines is 1. The van der Waals surface area contributed by atoms with Crippen LogP contribution in [0.2, 0.25) is 0 Å². The molecule has 0 N–H and O–H groups in total. The Morgan fingerprint density at radius 3 is 2.82 bits per heavy atom. The monoisotopic (exact) mass is 372 g/mol. The Morgan fingerprint density at radius 1 is 1.11 bits per heavy atom. The van der Waals surface area contributed by atoms with E-state index < -0.39 is 12.5 Å². The van der Waals surface area contributed by atoms with Crippen molar-refractivity contribution in [3.05, 3.63) is 70.9 Å². The van der Waals surface area contributed by atoms with Gasteiger partial charge in [-0.2, -0.15) is 0 Å². The molecule has 2 bridgehead atoms. The Labute approximate surface area is 168 Å². The van der Waals surface area contributed by atoms with E-state index >= 15 is 0 Å². The summed E-state index contributed by atoms with van der Waals surface area (Å²) in [6.45, 7) is 4.57. The predicted molar refractivity (Wildman–Crippen MR) is 113 cm³/mol. The van der Waals surface area contributed by atoms with Gasteiger partial charge in [-0.15, -0.1) is 0 Å². The van der Waals surface area contributed by atoms with Crippen LogP contribution in [0.15, 0.2) is 52.9 Å². The Morgan fingerprint density at radius 2 is 1.93 bits per heavy atom. The van der Waals surface area contributed by atoms with Crippen LogP contribution in [0.3, 0.4) is 0 Å². The molecule has 2 aliphatic heterocycles. The molecule has 28 heavy (non-hydrogen) atoms. The summed E-state index contributed by atoms with van der Waals surface area (Å²) >= 11 is 0. The molecule has 4 nitrogen and oxygen atoms in total. The molecule has 0 spiro atoms. The molecular weight excluding hydrogens is 346 g/mol. The standard InChI is InChI=1S/C24H23N3O/c1-14-8-10-19-20-11-9-15(2)25-24(20)28-23(19)22(14)27-16(3)26-12-17-6-4-5-7-18(17)21(27)13-26/h4-11,16,21H,12-13H2,1-3H3/i12D2,21D. The first-order valence-electron chi connectivity index (χ1n) is 11.2. The van der Waals surface area contributed by atoms with E-state index in [0.717, 1.165) is 27.7 Å². The SMILES string of the molecule is [2H]C1([2H])c2ccccc2C2([2H])CN1C(C)N2c1c(C)ccc2c1oc1nc(C)ccc12. The van der Waals surface area contributed by atoms with Crippen LogP contribution in [0, 0.1) is 13.8 Å². The minimum Gasteiger partial charge on any atom is -0.436 e. The summed E-state index contributed by atoms with van der Waals surface area (Å²) in [6, 6.07) is 14.4. The zero-order valence-electron chi connectivity index (χ0n) is 19.2. The molecule has 0 amide bonds. The highest BCUT2D eigenvalue weighted by molar-refractivity contribution is 6.08. The Bertz CT molecular complexity index is 1380. The third kappa shape index (κ3) is 2.07. The fourth-order valence-corrected chi connectivity index (χ4v) is 4.59. The first kappa shape index (κ1) is 13.3. The van der Waals surface area contributed by atoms with Crippen molar-refractivity contribution in [2.75, 3.05) is 11.4 Å². The number of aromatic nitrogens is 1. The maximum atomic E-state index is 9.60. The van der Waals surface area contributed by atoms with Gasteiger partial charge in [-0.25, -0.2) is 4.98 Å². The number of benzene rings is 2. The summed E-state index contributed by atoms with van der Waals surface area (Å²) < 4.78 is 33.6. The third-order valence-corrected chi connectivity index (χ3v) is 6.00. The molecule has 140 valence electrons. The van der Waals surface area contributed by atoms with E-state index in [9.17, 15) is 1.37 Å². The van der Waals surface area contributed by atoms with Crippen molar-refractivity contribution in [1.29, 1.82) is 0 Å².